The molecule has 0 saturated carbocycles. The van der Waals surface area contributed by atoms with Crippen molar-refractivity contribution >= 4 is 16.8 Å². The lowest BCUT2D eigenvalue weighted by molar-refractivity contribution is -0.118. The summed E-state index contributed by atoms with van der Waals surface area (Å²) in [7, 11) is 1.69. The van der Waals surface area contributed by atoms with Crippen LogP contribution in [0.3, 0.4) is 0 Å². The standard InChI is InChI=1S/C14H19N3O2/c1-19-8-6-16-9-11-3-2-4-13-12(11)5-7-17(13)10-14(15)18/h2-5,7,16H,6,8-10H2,1H3,(H2,15,18). The maximum Gasteiger partial charge on any atom is 0.237 e. The van der Waals surface area contributed by atoms with Gasteiger partial charge in [0.15, 0.2) is 0 Å². The van der Waals surface area contributed by atoms with Crippen molar-refractivity contribution < 1.29 is 9.53 Å². The predicted molar refractivity (Wildman–Crippen MR) is 74.7 cm³/mol. The van der Waals surface area contributed by atoms with Crippen LogP contribution < -0.4 is 11.1 Å². The van der Waals surface area contributed by atoms with Gasteiger partial charge in [0.25, 0.3) is 0 Å². The van der Waals surface area contributed by atoms with Gasteiger partial charge in [-0.05, 0) is 17.7 Å². The normalized spacial score (nSPS) is 11.0. The third-order valence-corrected chi connectivity index (χ3v) is 3.03. The zero-order valence-electron chi connectivity index (χ0n) is 11.1. The molecule has 3 N–H and O–H groups in total. The van der Waals surface area contributed by atoms with Crippen LogP contribution in [0.25, 0.3) is 10.9 Å². The van der Waals surface area contributed by atoms with Gasteiger partial charge in [0.05, 0.1) is 6.61 Å². The molecule has 0 radical (unpaired) electrons. The molecule has 5 heteroatoms. The maximum atomic E-state index is 11.0. The first-order chi connectivity index (χ1) is 9.22. The summed E-state index contributed by atoms with van der Waals surface area (Å²) in [5.41, 5.74) is 7.48. The van der Waals surface area contributed by atoms with Gasteiger partial charge in [0, 0.05) is 37.3 Å². The fraction of sp³-hybridized carbons (Fsp3) is 0.357. The molecule has 0 aliphatic heterocycles. The molecule has 1 aromatic heterocycles. The highest BCUT2D eigenvalue weighted by molar-refractivity contribution is 5.85. The predicted octanol–water partition coefficient (Wildman–Crippen LogP) is 0.863. The number of ether oxygens (including phenoxy) is 1. The van der Waals surface area contributed by atoms with Crippen LogP contribution in [-0.4, -0.2) is 30.7 Å². The zero-order chi connectivity index (χ0) is 13.7. The van der Waals surface area contributed by atoms with Crippen molar-refractivity contribution in [2.75, 3.05) is 20.3 Å². The Bertz CT molecular complexity index is 563. The molecule has 2 aromatic rings. The van der Waals surface area contributed by atoms with E-state index < -0.39 is 0 Å². The topological polar surface area (TPSA) is 69.3 Å². The molecule has 0 spiro atoms. The van der Waals surface area contributed by atoms with E-state index in [1.54, 1.807) is 7.11 Å². The highest BCUT2D eigenvalue weighted by Crippen LogP contribution is 2.20. The fourth-order valence-corrected chi connectivity index (χ4v) is 2.14. The van der Waals surface area contributed by atoms with E-state index in [-0.39, 0.29) is 12.5 Å². The third kappa shape index (κ3) is 3.33. The summed E-state index contributed by atoms with van der Waals surface area (Å²) in [4.78, 5) is 11.0. The number of benzene rings is 1. The Balaban J connectivity index is 2.16. The van der Waals surface area contributed by atoms with Crippen LogP contribution in [0.15, 0.2) is 30.5 Å². The van der Waals surface area contributed by atoms with Gasteiger partial charge in [-0.25, -0.2) is 0 Å². The number of nitrogens with two attached hydrogens (primary N) is 1. The molecule has 5 nitrogen and oxygen atoms in total. The van der Waals surface area contributed by atoms with Crippen LogP contribution in [0.5, 0.6) is 0 Å². The highest BCUT2D eigenvalue weighted by Gasteiger charge is 2.06. The number of carbonyl (C=O) groups excluding carboxylic acids is 1. The average molecular weight is 261 g/mol. The van der Waals surface area contributed by atoms with Crippen molar-refractivity contribution in [1.82, 2.24) is 9.88 Å². The Morgan fingerprint density at radius 1 is 1.42 bits per heavy atom. The van der Waals surface area contributed by atoms with E-state index in [2.05, 4.69) is 11.4 Å². The lowest BCUT2D eigenvalue weighted by Crippen LogP contribution is -2.19. The number of carbonyl (C=O) groups is 1. The first-order valence-corrected chi connectivity index (χ1v) is 6.27. The van der Waals surface area contributed by atoms with Crippen LogP contribution in [0.2, 0.25) is 0 Å². The Morgan fingerprint density at radius 2 is 2.26 bits per heavy atom. The van der Waals surface area contributed by atoms with E-state index >= 15 is 0 Å². The molecule has 0 saturated heterocycles. The van der Waals surface area contributed by atoms with Crippen molar-refractivity contribution in [2.45, 2.75) is 13.1 Å². The van der Waals surface area contributed by atoms with E-state index in [4.69, 9.17) is 10.5 Å². The minimum Gasteiger partial charge on any atom is -0.383 e. The van der Waals surface area contributed by atoms with Crippen LogP contribution in [0, 0.1) is 0 Å². The quantitative estimate of drug-likeness (QED) is 0.726. The second kappa shape index (κ2) is 6.36. The molecular weight excluding hydrogens is 242 g/mol. The van der Waals surface area contributed by atoms with Crippen LogP contribution in [-0.2, 0) is 22.6 Å². The van der Waals surface area contributed by atoms with Crippen molar-refractivity contribution in [3.05, 3.63) is 36.0 Å². The molecule has 102 valence electrons. The molecule has 19 heavy (non-hydrogen) atoms. The summed E-state index contributed by atoms with van der Waals surface area (Å²) in [6, 6.07) is 8.09. The van der Waals surface area contributed by atoms with Gasteiger partial charge < -0.3 is 20.4 Å². The Hall–Kier alpha value is -1.85. The largest absolute Gasteiger partial charge is 0.383 e. The molecule has 2 rings (SSSR count). The summed E-state index contributed by atoms with van der Waals surface area (Å²) in [5, 5.41) is 4.47. The second-order valence-electron chi connectivity index (χ2n) is 4.43. The van der Waals surface area contributed by atoms with E-state index in [0.29, 0.717) is 6.61 Å². The Kier molecular flexibility index (Phi) is 4.54. The zero-order valence-corrected chi connectivity index (χ0v) is 11.1. The number of rotatable bonds is 7. The van der Waals surface area contributed by atoms with Crippen LogP contribution in [0.4, 0.5) is 0 Å². The Labute approximate surface area is 112 Å². The number of amides is 1. The number of nitrogens with zero attached hydrogens (tertiary/aromatic N) is 1. The first-order valence-electron chi connectivity index (χ1n) is 6.27. The van der Waals surface area contributed by atoms with Gasteiger partial charge in [-0.2, -0.15) is 0 Å². The number of fused-ring (bicyclic) bond motifs is 1. The minimum atomic E-state index is -0.332. The smallest absolute Gasteiger partial charge is 0.237 e. The summed E-state index contributed by atoms with van der Waals surface area (Å²) in [6.07, 6.45) is 1.90. The molecule has 0 bridgehead atoms. The monoisotopic (exact) mass is 261 g/mol. The van der Waals surface area contributed by atoms with Gasteiger partial charge in [0.2, 0.25) is 5.91 Å². The maximum absolute atomic E-state index is 11.0. The van der Waals surface area contributed by atoms with Crippen molar-refractivity contribution in [3.8, 4) is 0 Å². The van der Waals surface area contributed by atoms with Gasteiger partial charge in [-0.1, -0.05) is 12.1 Å². The Morgan fingerprint density at radius 3 is 3.00 bits per heavy atom. The van der Waals surface area contributed by atoms with Crippen LogP contribution in [0.1, 0.15) is 5.56 Å². The number of nitrogens with one attached hydrogen (secondary N) is 1. The molecule has 1 aromatic carbocycles. The molecule has 0 aliphatic carbocycles. The summed E-state index contributed by atoms with van der Waals surface area (Å²) in [5.74, 6) is -0.332. The number of methoxy groups -OCH3 is 1. The summed E-state index contributed by atoms with van der Waals surface area (Å²) >= 11 is 0. The molecule has 0 atom stereocenters. The highest BCUT2D eigenvalue weighted by atomic mass is 16.5. The molecule has 0 fully saturated rings. The van der Waals surface area contributed by atoms with E-state index in [0.717, 1.165) is 24.0 Å². The lowest BCUT2D eigenvalue weighted by Gasteiger charge is -2.07. The summed E-state index contributed by atoms with van der Waals surface area (Å²) < 4.78 is 6.87. The van der Waals surface area contributed by atoms with Crippen molar-refractivity contribution in [1.29, 1.82) is 0 Å². The molecule has 1 amide bonds. The molecule has 0 aliphatic rings. The van der Waals surface area contributed by atoms with Crippen molar-refractivity contribution in [2.24, 2.45) is 5.73 Å². The lowest BCUT2D eigenvalue weighted by atomic mass is 10.1. The number of aromatic nitrogens is 1. The van der Waals surface area contributed by atoms with Gasteiger partial charge in [-0.15, -0.1) is 0 Å². The number of primary amides is 1. The first kappa shape index (κ1) is 13.6. The van der Waals surface area contributed by atoms with Gasteiger partial charge in [0.1, 0.15) is 6.54 Å². The van der Waals surface area contributed by atoms with E-state index in [1.165, 1.54) is 5.56 Å². The molecule has 1 heterocycles. The minimum absolute atomic E-state index is 0.212. The fourth-order valence-electron chi connectivity index (χ4n) is 2.14. The molecule has 0 unspecified atom stereocenters. The summed E-state index contributed by atoms with van der Waals surface area (Å²) in [6.45, 7) is 2.50. The average Bonchev–Trinajstić information content (AvgIpc) is 2.78. The van der Waals surface area contributed by atoms with E-state index in [1.807, 2.05) is 29.0 Å². The molecular formula is C14H19N3O2. The number of hydrogen-bond acceptors (Lipinski definition) is 3. The number of hydrogen-bond donors (Lipinski definition) is 2. The van der Waals surface area contributed by atoms with Gasteiger partial charge in [-0.3, -0.25) is 4.79 Å². The van der Waals surface area contributed by atoms with Gasteiger partial charge >= 0.3 is 0 Å². The second-order valence-corrected chi connectivity index (χ2v) is 4.43. The third-order valence-electron chi connectivity index (χ3n) is 3.03. The van der Waals surface area contributed by atoms with Crippen molar-refractivity contribution in [3.63, 3.8) is 0 Å². The SMILES string of the molecule is COCCNCc1cccc2c1ccn2CC(N)=O. The van der Waals surface area contributed by atoms with Crippen LogP contribution >= 0.6 is 0 Å². The van der Waals surface area contributed by atoms with E-state index in [9.17, 15) is 4.79 Å².